The van der Waals surface area contributed by atoms with Gasteiger partial charge in [-0.3, -0.25) is 4.79 Å². The highest BCUT2D eigenvalue weighted by atomic mass is 19.1. The quantitative estimate of drug-likeness (QED) is 0.914. The molecule has 1 N–H and O–H groups in total. The summed E-state index contributed by atoms with van der Waals surface area (Å²) >= 11 is 0. The summed E-state index contributed by atoms with van der Waals surface area (Å²) in [5.41, 5.74) is 2.39. The summed E-state index contributed by atoms with van der Waals surface area (Å²) in [6.45, 7) is 2.33. The molecule has 1 amide bonds. The maximum absolute atomic E-state index is 12.9. The van der Waals surface area contributed by atoms with Crippen LogP contribution in [0.2, 0.25) is 0 Å². The predicted octanol–water partition coefficient (Wildman–Crippen LogP) is 3.46. The molecular weight excluding hydrogens is 269 g/mol. The van der Waals surface area contributed by atoms with Crippen LogP contribution in [0.5, 0.6) is 0 Å². The molecule has 0 aliphatic heterocycles. The van der Waals surface area contributed by atoms with Crippen molar-refractivity contribution in [2.75, 3.05) is 7.11 Å². The highest BCUT2D eigenvalue weighted by molar-refractivity contribution is 5.94. The lowest BCUT2D eigenvalue weighted by Gasteiger charge is -2.14. The third-order valence-corrected chi connectivity index (χ3v) is 3.22. The monoisotopic (exact) mass is 287 g/mol. The van der Waals surface area contributed by atoms with Gasteiger partial charge >= 0.3 is 0 Å². The zero-order chi connectivity index (χ0) is 15.2. The summed E-state index contributed by atoms with van der Waals surface area (Å²) in [5.74, 6) is -0.450. The van der Waals surface area contributed by atoms with E-state index >= 15 is 0 Å². The molecule has 1 unspecified atom stereocenters. The van der Waals surface area contributed by atoms with Crippen LogP contribution in [0.1, 0.15) is 34.5 Å². The van der Waals surface area contributed by atoms with E-state index in [4.69, 9.17) is 4.74 Å². The molecule has 3 nitrogen and oxygen atoms in total. The Hall–Kier alpha value is -2.20. The Bertz CT molecular complexity index is 610. The second-order valence-electron chi connectivity index (χ2n) is 4.88. The lowest BCUT2D eigenvalue weighted by atomic mass is 10.1. The van der Waals surface area contributed by atoms with Gasteiger partial charge in [0.05, 0.1) is 12.6 Å². The second kappa shape index (κ2) is 6.99. The molecule has 0 saturated carbocycles. The number of carbonyl (C=O) groups is 1. The smallest absolute Gasteiger partial charge is 0.251 e. The molecule has 2 aromatic carbocycles. The Morgan fingerprint density at radius 2 is 1.95 bits per heavy atom. The number of amides is 1. The van der Waals surface area contributed by atoms with Crippen LogP contribution < -0.4 is 5.32 Å². The van der Waals surface area contributed by atoms with Crippen LogP contribution in [-0.4, -0.2) is 13.0 Å². The molecule has 0 heterocycles. The van der Waals surface area contributed by atoms with Gasteiger partial charge in [0.25, 0.3) is 5.91 Å². The van der Waals surface area contributed by atoms with Gasteiger partial charge in [-0.2, -0.15) is 0 Å². The number of methoxy groups -OCH3 is 1. The molecule has 0 bridgehead atoms. The average Bonchev–Trinajstić information content (AvgIpc) is 2.48. The van der Waals surface area contributed by atoms with Gasteiger partial charge in [-0.25, -0.2) is 4.39 Å². The predicted molar refractivity (Wildman–Crippen MR) is 79.4 cm³/mol. The Labute approximate surface area is 123 Å². The number of ether oxygens (including phenoxy) is 1. The number of carbonyl (C=O) groups excluding carboxylic acids is 1. The van der Waals surface area contributed by atoms with E-state index in [-0.39, 0.29) is 17.8 Å². The van der Waals surface area contributed by atoms with Crippen molar-refractivity contribution in [1.82, 2.24) is 5.32 Å². The summed E-state index contributed by atoms with van der Waals surface area (Å²) in [7, 11) is 1.61. The number of halogens is 1. The van der Waals surface area contributed by atoms with Crippen LogP contribution in [-0.2, 0) is 11.3 Å². The van der Waals surface area contributed by atoms with E-state index in [2.05, 4.69) is 5.32 Å². The summed E-state index contributed by atoms with van der Waals surface area (Å²) in [4.78, 5) is 12.2. The Balaban J connectivity index is 2.06. The molecule has 1 atom stereocenters. The van der Waals surface area contributed by atoms with Crippen molar-refractivity contribution in [3.8, 4) is 0 Å². The minimum absolute atomic E-state index is 0.162. The molecule has 0 radical (unpaired) electrons. The van der Waals surface area contributed by atoms with Gasteiger partial charge < -0.3 is 10.1 Å². The van der Waals surface area contributed by atoms with E-state index in [0.717, 1.165) is 11.1 Å². The van der Waals surface area contributed by atoms with Crippen LogP contribution in [0, 0.1) is 5.82 Å². The minimum Gasteiger partial charge on any atom is -0.380 e. The number of rotatable bonds is 5. The fraction of sp³-hybridized carbons (Fsp3) is 0.235. The SMILES string of the molecule is COCc1cccc(C(=O)NC(C)c2ccc(F)cc2)c1. The normalized spacial score (nSPS) is 12.0. The first-order chi connectivity index (χ1) is 10.1. The van der Waals surface area contributed by atoms with Crippen molar-refractivity contribution in [2.24, 2.45) is 0 Å². The van der Waals surface area contributed by atoms with Crippen molar-refractivity contribution in [3.05, 3.63) is 71.0 Å². The van der Waals surface area contributed by atoms with Crippen LogP contribution >= 0.6 is 0 Å². The fourth-order valence-corrected chi connectivity index (χ4v) is 2.08. The zero-order valence-corrected chi connectivity index (χ0v) is 12.1. The number of hydrogen-bond donors (Lipinski definition) is 1. The van der Waals surface area contributed by atoms with Gasteiger partial charge in [0.2, 0.25) is 0 Å². The largest absolute Gasteiger partial charge is 0.380 e. The van der Waals surface area contributed by atoms with Crippen molar-refractivity contribution in [1.29, 1.82) is 0 Å². The van der Waals surface area contributed by atoms with Crippen molar-refractivity contribution < 1.29 is 13.9 Å². The highest BCUT2D eigenvalue weighted by Gasteiger charge is 2.11. The molecule has 2 aromatic rings. The minimum atomic E-state index is -0.287. The molecule has 0 saturated heterocycles. The van der Waals surface area contributed by atoms with Crippen LogP contribution in [0.3, 0.4) is 0 Å². The average molecular weight is 287 g/mol. The van der Waals surface area contributed by atoms with Crippen molar-refractivity contribution in [3.63, 3.8) is 0 Å². The molecule has 110 valence electrons. The topological polar surface area (TPSA) is 38.3 Å². The first-order valence-corrected chi connectivity index (χ1v) is 6.74. The molecule has 2 rings (SSSR count). The van der Waals surface area contributed by atoms with Gasteiger partial charge in [-0.1, -0.05) is 24.3 Å². The first kappa shape index (κ1) is 15.2. The van der Waals surface area contributed by atoms with Crippen LogP contribution in [0.15, 0.2) is 48.5 Å². The Morgan fingerprint density at radius 1 is 1.24 bits per heavy atom. The first-order valence-electron chi connectivity index (χ1n) is 6.74. The van der Waals surface area contributed by atoms with Gasteiger partial charge in [0, 0.05) is 12.7 Å². The summed E-state index contributed by atoms with van der Waals surface area (Å²) in [6.07, 6.45) is 0. The fourth-order valence-electron chi connectivity index (χ4n) is 2.08. The second-order valence-corrected chi connectivity index (χ2v) is 4.88. The number of nitrogens with one attached hydrogen (secondary N) is 1. The molecule has 0 aromatic heterocycles. The van der Waals surface area contributed by atoms with Gasteiger partial charge in [-0.05, 0) is 42.3 Å². The Kier molecular flexibility index (Phi) is 5.06. The van der Waals surface area contributed by atoms with E-state index in [1.807, 2.05) is 19.1 Å². The lowest BCUT2D eigenvalue weighted by molar-refractivity contribution is 0.0939. The van der Waals surface area contributed by atoms with Gasteiger partial charge in [-0.15, -0.1) is 0 Å². The van der Waals surface area contributed by atoms with Crippen LogP contribution in [0.25, 0.3) is 0 Å². The molecule has 0 aliphatic carbocycles. The molecule has 0 spiro atoms. The van der Waals surface area contributed by atoms with E-state index in [0.29, 0.717) is 12.2 Å². The van der Waals surface area contributed by atoms with Crippen molar-refractivity contribution in [2.45, 2.75) is 19.6 Å². The van der Waals surface area contributed by atoms with Gasteiger partial charge in [0.15, 0.2) is 0 Å². The van der Waals surface area contributed by atoms with Gasteiger partial charge in [0.1, 0.15) is 5.82 Å². The maximum atomic E-state index is 12.9. The highest BCUT2D eigenvalue weighted by Crippen LogP contribution is 2.14. The lowest BCUT2D eigenvalue weighted by Crippen LogP contribution is -2.26. The summed E-state index contributed by atoms with van der Waals surface area (Å²) in [6, 6.07) is 13.2. The van der Waals surface area contributed by atoms with E-state index in [1.54, 1.807) is 31.4 Å². The molecule has 0 fully saturated rings. The standard InChI is InChI=1S/C17H18FNO2/c1-12(14-6-8-16(18)9-7-14)19-17(20)15-5-3-4-13(10-15)11-21-2/h3-10,12H,11H2,1-2H3,(H,19,20). The van der Waals surface area contributed by atoms with Crippen LogP contribution in [0.4, 0.5) is 4.39 Å². The summed E-state index contributed by atoms with van der Waals surface area (Å²) in [5, 5.41) is 2.90. The molecular formula is C17H18FNO2. The zero-order valence-electron chi connectivity index (χ0n) is 12.1. The molecule has 0 aliphatic rings. The third-order valence-electron chi connectivity index (χ3n) is 3.22. The molecule has 4 heteroatoms. The van der Waals surface area contributed by atoms with E-state index in [9.17, 15) is 9.18 Å². The number of benzene rings is 2. The van der Waals surface area contributed by atoms with Crippen molar-refractivity contribution >= 4 is 5.91 Å². The van der Waals surface area contributed by atoms with E-state index in [1.165, 1.54) is 12.1 Å². The number of hydrogen-bond acceptors (Lipinski definition) is 2. The maximum Gasteiger partial charge on any atom is 0.251 e. The third kappa shape index (κ3) is 4.13. The van der Waals surface area contributed by atoms with E-state index < -0.39 is 0 Å². The molecule has 21 heavy (non-hydrogen) atoms. The summed E-state index contributed by atoms with van der Waals surface area (Å²) < 4.78 is 18.0. The Morgan fingerprint density at radius 3 is 2.62 bits per heavy atom.